The van der Waals surface area contributed by atoms with Crippen LogP contribution in [0.15, 0.2) is 42.7 Å². The summed E-state index contributed by atoms with van der Waals surface area (Å²) >= 11 is 0. The smallest absolute Gasteiger partial charge is 0.254 e. The highest BCUT2D eigenvalue weighted by atomic mass is 32.2. The molecule has 0 aliphatic carbocycles. The third kappa shape index (κ3) is 5.47. The molecule has 2 aliphatic heterocycles. The Morgan fingerprint density at radius 1 is 1.08 bits per heavy atom. The summed E-state index contributed by atoms with van der Waals surface area (Å²) in [6.07, 6.45) is 5.21. The summed E-state index contributed by atoms with van der Waals surface area (Å²) < 4.78 is 25.2. The highest BCUT2D eigenvalue weighted by Gasteiger charge is 2.36. The van der Waals surface area contributed by atoms with Gasteiger partial charge in [0.15, 0.2) is 0 Å². The lowest BCUT2D eigenvalue weighted by Crippen LogP contribution is -2.61. The summed E-state index contributed by atoms with van der Waals surface area (Å²) in [7, 11) is -3.46. The predicted octanol–water partition coefficient (Wildman–Crippen LogP) is 2.49. The molecule has 5 rings (SSSR count). The van der Waals surface area contributed by atoms with E-state index in [0.29, 0.717) is 24.6 Å². The number of aromatic nitrogens is 3. The van der Waals surface area contributed by atoms with E-state index in [1.807, 2.05) is 6.20 Å². The van der Waals surface area contributed by atoms with Gasteiger partial charge < -0.3 is 10.2 Å². The second-order valence-corrected chi connectivity index (χ2v) is 11.3. The Hall–Kier alpha value is -3.57. The third-order valence-corrected chi connectivity index (χ3v) is 6.98. The lowest BCUT2D eigenvalue weighted by atomic mass is 10.00. The molecule has 0 atom stereocenters. The van der Waals surface area contributed by atoms with E-state index in [2.05, 4.69) is 57.0 Å². The van der Waals surface area contributed by atoms with Crippen molar-refractivity contribution in [2.24, 2.45) is 0 Å². The Morgan fingerprint density at radius 3 is 2.56 bits per heavy atom. The normalized spacial score (nSPS) is 16.2. The van der Waals surface area contributed by atoms with Gasteiger partial charge in [-0.15, -0.1) is 0 Å². The molecule has 11 heteroatoms. The van der Waals surface area contributed by atoms with Crippen LogP contribution in [-0.4, -0.2) is 71.0 Å². The van der Waals surface area contributed by atoms with Crippen LogP contribution in [0.25, 0.3) is 0 Å². The van der Waals surface area contributed by atoms with Gasteiger partial charge in [0, 0.05) is 67.8 Å². The number of nitrogens with one attached hydrogen (secondary N) is 2. The van der Waals surface area contributed by atoms with Crippen LogP contribution in [0, 0.1) is 13.8 Å². The quantitative estimate of drug-likeness (QED) is 0.522. The van der Waals surface area contributed by atoms with Crippen LogP contribution in [0.4, 0.5) is 17.5 Å². The van der Waals surface area contributed by atoms with Crippen LogP contribution in [0.1, 0.15) is 32.7 Å². The number of sulfonamides is 1. The lowest BCUT2D eigenvalue weighted by Gasteiger charge is -2.46. The number of benzene rings is 1. The zero-order valence-electron chi connectivity index (χ0n) is 20.5. The van der Waals surface area contributed by atoms with Gasteiger partial charge in [-0.2, -0.15) is 0 Å². The van der Waals surface area contributed by atoms with Crippen molar-refractivity contribution in [2.75, 3.05) is 35.9 Å². The number of hydrogen-bond donors (Lipinski definition) is 2. The number of anilines is 3. The van der Waals surface area contributed by atoms with Gasteiger partial charge in [0.25, 0.3) is 5.91 Å². The molecule has 0 spiro atoms. The van der Waals surface area contributed by atoms with Gasteiger partial charge in [0.2, 0.25) is 16.0 Å². The molecule has 36 heavy (non-hydrogen) atoms. The average molecular weight is 508 g/mol. The molecule has 1 aromatic carbocycles. The number of rotatable bonds is 6. The number of fused-ring (bicyclic) bond motifs is 1. The number of carbonyl (C=O) groups is 1. The minimum atomic E-state index is -3.46. The maximum Gasteiger partial charge on any atom is 0.254 e. The molecule has 0 bridgehead atoms. The van der Waals surface area contributed by atoms with E-state index in [-0.39, 0.29) is 17.8 Å². The van der Waals surface area contributed by atoms with Crippen LogP contribution in [0.5, 0.6) is 0 Å². The molecule has 0 unspecified atom stereocenters. The van der Waals surface area contributed by atoms with Gasteiger partial charge in [0.05, 0.1) is 11.9 Å². The van der Waals surface area contributed by atoms with Gasteiger partial charge in [-0.1, -0.05) is 6.07 Å². The molecular formula is C25H29N7O3S. The second kappa shape index (κ2) is 9.47. The molecule has 3 aromatic rings. The number of carbonyl (C=O) groups excluding carboxylic acids is 1. The SMILES string of the molecule is Cc1cc(C)cc(Nc2ncc3c(n2)CCN(C2CN(C(=O)c4ccnc(NS(C)(=O)=O)c4)C2)C3)c1. The number of likely N-dealkylation sites (tertiary alicyclic amines) is 1. The Bertz CT molecular complexity index is 1400. The summed E-state index contributed by atoms with van der Waals surface area (Å²) in [5.74, 6) is 0.613. The number of nitrogens with zero attached hydrogens (tertiary/aromatic N) is 5. The third-order valence-electron chi connectivity index (χ3n) is 6.40. The largest absolute Gasteiger partial charge is 0.335 e. The summed E-state index contributed by atoms with van der Waals surface area (Å²) in [5, 5.41) is 3.32. The monoisotopic (exact) mass is 507 g/mol. The number of pyridine rings is 1. The fourth-order valence-electron chi connectivity index (χ4n) is 4.73. The van der Waals surface area contributed by atoms with E-state index in [9.17, 15) is 13.2 Å². The Balaban J connectivity index is 1.18. The van der Waals surface area contributed by atoms with E-state index in [4.69, 9.17) is 4.98 Å². The Labute approximate surface area is 210 Å². The van der Waals surface area contributed by atoms with Gasteiger partial charge in [-0.25, -0.2) is 23.4 Å². The molecule has 0 radical (unpaired) electrons. The van der Waals surface area contributed by atoms with Crippen molar-refractivity contribution in [1.29, 1.82) is 0 Å². The lowest BCUT2D eigenvalue weighted by molar-refractivity contribution is 0.0215. The molecule has 2 aliphatic rings. The minimum Gasteiger partial charge on any atom is -0.335 e. The van der Waals surface area contributed by atoms with Crippen LogP contribution in [-0.2, 0) is 23.0 Å². The zero-order valence-corrected chi connectivity index (χ0v) is 21.3. The van der Waals surface area contributed by atoms with Crippen LogP contribution >= 0.6 is 0 Å². The van der Waals surface area contributed by atoms with Crippen LogP contribution in [0.3, 0.4) is 0 Å². The van der Waals surface area contributed by atoms with E-state index in [1.54, 1.807) is 11.0 Å². The predicted molar refractivity (Wildman–Crippen MR) is 138 cm³/mol. The molecule has 188 valence electrons. The van der Waals surface area contributed by atoms with Crippen molar-refractivity contribution in [3.63, 3.8) is 0 Å². The van der Waals surface area contributed by atoms with Crippen molar-refractivity contribution >= 4 is 33.4 Å². The van der Waals surface area contributed by atoms with Crippen LogP contribution in [0.2, 0.25) is 0 Å². The molecule has 1 fully saturated rings. The minimum absolute atomic E-state index is 0.131. The first-order valence-corrected chi connectivity index (χ1v) is 13.7. The first kappa shape index (κ1) is 24.1. The molecule has 1 amide bonds. The first-order valence-electron chi connectivity index (χ1n) is 11.8. The molecular weight excluding hydrogens is 478 g/mol. The van der Waals surface area contributed by atoms with Gasteiger partial charge in [-0.05, 0) is 49.2 Å². The summed E-state index contributed by atoms with van der Waals surface area (Å²) in [5.41, 5.74) is 5.95. The van der Waals surface area contributed by atoms with Crippen molar-refractivity contribution < 1.29 is 13.2 Å². The van der Waals surface area contributed by atoms with Gasteiger partial charge >= 0.3 is 0 Å². The fraction of sp³-hybridized carbons (Fsp3) is 0.360. The fourth-order valence-corrected chi connectivity index (χ4v) is 5.22. The highest BCUT2D eigenvalue weighted by molar-refractivity contribution is 7.92. The standard InChI is InChI=1S/C25H29N7O3S/c1-16-8-17(2)10-20(9-16)28-25-27-12-19-13-31(7-5-22(19)29-25)21-14-32(15-21)24(33)18-4-6-26-23(11-18)30-36(3,34)35/h4,6,8-12,21H,5,7,13-15H2,1-3H3,(H,26,30)(H,27,28,29). The Morgan fingerprint density at radius 2 is 1.83 bits per heavy atom. The van der Waals surface area contributed by atoms with E-state index >= 15 is 0 Å². The molecule has 10 nitrogen and oxygen atoms in total. The highest BCUT2D eigenvalue weighted by Crippen LogP contribution is 2.26. The molecule has 2 N–H and O–H groups in total. The average Bonchev–Trinajstić information content (AvgIpc) is 2.76. The molecule has 4 heterocycles. The Kier molecular flexibility index (Phi) is 6.35. The van der Waals surface area contributed by atoms with E-state index < -0.39 is 10.0 Å². The van der Waals surface area contributed by atoms with Crippen molar-refractivity contribution in [2.45, 2.75) is 32.9 Å². The number of hydrogen-bond acceptors (Lipinski definition) is 8. The van der Waals surface area contributed by atoms with Gasteiger partial charge in [-0.3, -0.25) is 14.4 Å². The van der Waals surface area contributed by atoms with Crippen molar-refractivity contribution in [1.82, 2.24) is 24.8 Å². The molecule has 1 saturated heterocycles. The maximum atomic E-state index is 12.9. The molecule has 0 saturated carbocycles. The topological polar surface area (TPSA) is 120 Å². The van der Waals surface area contributed by atoms with Crippen LogP contribution < -0.4 is 10.0 Å². The number of amides is 1. The maximum absolute atomic E-state index is 12.9. The van der Waals surface area contributed by atoms with E-state index in [1.165, 1.54) is 23.4 Å². The number of aryl methyl sites for hydroxylation is 2. The summed E-state index contributed by atoms with van der Waals surface area (Å²) in [6.45, 7) is 7.01. The zero-order chi connectivity index (χ0) is 25.4. The second-order valence-electron chi connectivity index (χ2n) is 9.56. The summed E-state index contributed by atoms with van der Waals surface area (Å²) in [4.78, 5) is 30.3. The first-order chi connectivity index (χ1) is 17.1. The summed E-state index contributed by atoms with van der Waals surface area (Å²) in [6, 6.07) is 9.63. The van der Waals surface area contributed by atoms with Gasteiger partial charge in [0.1, 0.15) is 5.82 Å². The van der Waals surface area contributed by atoms with E-state index in [0.717, 1.165) is 42.7 Å². The van der Waals surface area contributed by atoms with Crippen molar-refractivity contribution in [3.05, 3.63) is 70.7 Å². The molecule has 2 aromatic heterocycles. The van der Waals surface area contributed by atoms with Crippen molar-refractivity contribution in [3.8, 4) is 0 Å².